The van der Waals surface area contributed by atoms with Crippen molar-refractivity contribution < 1.29 is 13.2 Å². The predicted octanol–water partition coefficient (Wildman–Crippen LogP) is 3.68. The summed E-state index contributed by atoms with van der Waals surface area (Å²) in [6.07, 6.45) is 0. The summed E-state index contributed by atoms with van der Waals surface area (Å²) in [5.41, 5.74) is 3.12. The van der Waals surface area contributed by atoms with Crippen LogP contribution in [-0.2, 0) is 22.3 Å². The molecule has 1 amide bonds. The molecule has 0 atom stereocenters. The van der Waals surface area contributed by atoms with E-state index >= 15 is 0 Å². The Labute approximate surface area is 180 Å². The van der Waals surface area contributed by atoms with Crippen LogP contribution in [-0.4, -0.2) is 33.0 Å². The van der Waals surface area contributed by atoms with Crippen molar-refractivity contribution in [3.05, 3.63) is 65.2 Å². The molecule has 2 aromatic carbocycles. The van der Waals surface area contributed by atoms with Gasteiger partial charge < -0.3 is 10.2 Å². The van der Waals surface area contributed by atoms with Crippen molar-refractivity contribution in [2.75, 3.05) is 11.4 Å². The average Bonchev–Trinajstić information content (AvgIpc) is 2.66. The number of sulfonamides is 1. The second kappa shape index (κ2) is 10.6. The maximum Gasteiger partial charge on any atom is 0.251 e. The molecule has 0 aliphatic heterocycles. The monoisotopic (exact) mass is 431 g/mol. The minimum Gasteiger partial charge on any atom is -0.369 e. The minimum absolute atomic E-state index is 0.117. The van der Waals surface area contributed by atoms with Gasteiger partial charge in [0.05, 0.1) is 5.75 Å². The van der Waals surface area contributed by atoms with E-state index in [2.05, 4.69) is 35.7 Å². The zero-order valence-electron chi connectivity index (χ0n) is 18.5. The lowest BCUT2D eigenvalue weighted by Crippen LogP contribution is -2.32. The van der Waals surface area contributed by atoms with E-state index in [1.807, 2.05) is 36.4 Å². The summed E-state index contributed by atoms with van der Waals surface area (Å²) in [5.74, 6) is -0.305. The second-order valence-electron chi connectivity index (χ2n) is 7.91. The first-order chi connectivity index (χ1) is 14.1. The van der Waals surface area contributed by atoms with E-state index in [4.69, 9.17) is 0 Å². The lowest BCUT2D eigenvalue weighted by atomic mass is 10.1. The molecule has 6 nitrogen and oxygen atoms in total. The van der Waals surface area contributed by atoms with Gasteiger partial charge >= 0.3 is 0 Å². The summed E-state index contributed by atoms with van der Waals surface area (Å²) in [5, 5.41) is 2.90. The normalized spacial score (nSPS) is 11.7. The highest BCUT2D eigenvalue weighted by atomic mass is 32.2. The Bertz CT molecular complexity index is 938. The fraction of sp³-hybridized carbons (Fsp3) is 0.435. The Balaban J connectivity index is 2.06. The van der Waals surface area contributed by atoms with Crippen LogP contribution in [0.15, 0.2) is 48.5 Å². The molecule has 7 heteroatoms. The van der Waals surface area contributed by atoms with Crippen molar-refractivity contribution >= 4 is 21.6 Å². The highest BCUT2D eigenvalue weighted by Gasteiger charge is 2.16. The Morgan fingerprint density at radius 1 is 0.967 bits per heavy atom. The van der Waals surface area contributed by atoms with E-state index in [9.17, 15) is 13.2 Å². The Kier molecular flexibility index (Phi) is 8.43. The molecule has 2 aromatic rings. The molecular formula is C23H33N3O3S. The molecular weight excluding hydrogens is 398 g/mol. The molecule has 2 rings (SSSR count). The fourth-order valence-electron chi connectivity index (χ4n) is 3.40. The number of benzene rings is 2. The molecule has 0 radical (unpaired) electrons. The average molecular weight is 432 g/mol. The van der Waals surface area contributed by atoms with Gasteiger partial charge in [-0.05, 0) is 70.0 Å². The first-order valence-corrected chi connectivity index (χ1v) is 12.0. The van der Waals surface area contributed by atoms with Gasteiger partial charge in [-0.3, -0.25) is 4.79 Å². The lowest BCUT2D eigenvalue weighted by molar-refractivity contribution is 0.0951. The van der Waals surface area contributed by atoms with Crippen LogP contribution in [0.4, 0.5) is 5.69 Å². The van der Waals surface area contributed by atoms with Gasteiger partial charge in [-0.25, -0.2) is 13.1 Å². The molecule has 0 saturated carbocycles. The van der Waals surface area contributed by atoms with Crippen LogP contribution >= 0.6 is 0 Å². The molecule has 164 valence electrons. The van der Waals surface area contributed by atoms with Gasteiger partial charge in [0.15, 0.2) is 0 Å². The van der Waals surface area contributed by atoms with Crippen LogP contribution in [0.2, 0.25) is 0 Å². The summed E-state index contributed by atoms with van der Waals surface area (Å²) in [6.45, 7) is 11.1. The third-order valence-electron chi connectivity index (χ3n) is 4.74. The van der Waals surface area contributed by atoms with Gasteiger partial charge in [-0.15, -0.1) is 0 Å². The molecule has 0 fully saturated rings. The van der Waals surface area contributed by atoms with Gasteiger partial charge in [0.2, 0.25) is 10.0 Å². The largest absolute Gasteiger partial charge is 0.369 e. The SMILES string of the molecule is CCN(c1ccc(C(=O)NCc2ccccc2CS(=O)(=O)NC(C)C)cc1)C(C)C. The molecule has 2 N–H and O–H groups in total. The summed E-state index contributed by atoms with van der Waals surface area (Å²) in [7, 11) is -3.44. The van der Waals surface area contributed by atoms with Gasteiger partial charge in [0.25, 0.3) is 5.91 Å². The van der Waals surface area contributed by atoms with Crippen LogP contribution in [0.3, 0.4) is 0 Å². The second-order valence-corrected chi connectivity index (χ2v) is 9.66. The summed E-state index contributed by atoms with van der Waals surface area (Å²) < 4.78 is 27.2. The number of nitrogens with one attached hydrogen (secondary N) is 2. The predicted molar refractivity (Wildman–Crippen MR) is 123 cm³/mol. The van der Waals surface area contributed by atoms with Crippen LogP contribution in [0, 0.1) is 0 Å². The zero-order chi connectivity index (χ0) is 22.3. The standard InChI is InChI=1S/C23H33N3O3S/c1-6-26(18(4)5)22-13-11-19(12-14-22)23(27)24-15-20-9-7-8-10-21(20)16-30(28,29)25-17(2)3/h7-14,17-18,25H,6,15-16H2,1-5H3,(H,24,27). The maximum atomic E-state index is 12.6. The van der Waals surface area contributed by atoms with E-state index in [0.717, 1.165) is 17.8 Å². The van der Waals surface area contributed by atoms with E-state index in [0.29, 0.717) is 17.2 Å². The van der Waals surface area contributed by atoms with Crippen LogP contribution in [0.25, 0.3) is 0 Å². The number of hydrogen-bond acceptors (Lipinski definition) is 4. The van der Waals surface area contributed by atoms with Gasteiger partial charge in [0, 0.05) is 36.4 Å². The number of carbonyl (C=O) groups excluding carboxylic acids is 1. The Morgan fingerprint density at radius 2 is 1.57 bits per heavy atom. The smallest absolute Gasteiger partial charge is 0.251 e. The van der Waals surface area contributed by atoms with Crippen molar-refractivity contribution in [3.63, 3.8) is 0 Å². The molecule has 0 saturated heterocycles. The van der Waals surface area contributed by atoms with Crippen LogP contribution in [0.5, 0.6) is 0 Å². The summed E-state index contributed by atoms with van der Waals surface area (Å²) >= 11 is 0. The topological polar surface area (TPSA) is 78.5 Å². The first kappa shape index (κ1) is 23.9. The van der Waals surface area contributed by atoms with E-state index in [1.54, 1.807) is 26.0 Å². The van der Waals surface area contributed by atoms with Crippen molar-refractivity contribution in [2.45, 2.75) is 59.0 Å². The quantitative estimate of drug-likeness (QED) is 0.602. The zero-order valence-corrected chi connectivity index (χ0v) is 19.3. The number of nitrogens with zero attached hydrogens (tertiary/aromatic N) is 1. The molecule has 0 heterocycles. The van der Waals surface area contributed by atoms with Gasteiger partial charge in [-0.2, -0.15) is 0 Å². The minimum atomic E-state index is -3.44. The van der Waals surface area contributed by atoms with Crippen molar-refractivity contribution in [2.24, 2.45) is 0 Å². The molecule has 0 aliphatic rings. The number of rotatable bonds is 10. The fourth-order valence-corrected chi connectivity index (χ4v) is 4.90. The number of hydrogen-bond donors (Lipinski definition) is 2. The lowest BCUT2D eigenvalue weighted by Gasteiger charge is -2.27. The molecule has 0 aromatic heterocycles. The van der Waals surface area contributed by atoms with E-state index in [1.165, 1.54) is 0 Å². The summed E-state index contributed by atoms with van der Waals surface area (Å²) in [4.78, 5) is 14.8. The van der Waals surface area contributed by atoms with Crippen molar-refractivity contribution in [3.8, 4) is 0 Å². The van der Waals surface area contributed by atoms with Crippen molar-refractivity contribution in [1.82, 2.24) is 10.0 Å². The Morgan fingerprint density at radius 3 is 2.10 bits per heavy atom. The molecule has 0 unspecified atom stereocenters. The van der Waals surface area contributed by atoms with Crippen LogP contribution < -0.4 is 14.9 Å². The Hall–Kier alpha value is -2.38. The molecule has 0 spiro atoms. The van der Waals surface area contributed by atoms with Crippen molar-refractivity contribution in [1.29, 1.82) is 0 Å². The molecule has 30 heavy (non-hydrogen) atoms. The van der Waals surface area contributed by atoms with E-state index in [-0.39, 0.29) is 24.2 Å². The van der Waals surface area contributed by atoms with E-state index < -0.39 is 10.0 Å². The number of amides is 1. The van der Waals surface area contributed by atoms with Gasteiger partial charge in [0.1, 0.15) is 0 Å². The highest BCUT2D eigenvalue weighted by Crippen LogP contribution is 2.18. The third-order valence-corrected chi connectivity index (χ3v) is 6.27. The molecule has 0 bridgehead atoms. The van der Waals surface area contributed by atoms with Crippen LogP contribution in [0.1, 0.15) is 56.1 Å². The number of carbonyl (C=O) groups is 1. The van der Waals surface area contributed by atoms with Gasteiger partial charge in [-0.1, -0.05) is 24.3 Å². The maximum absolute atomic E-state index is 12.6. The summed E-state index contributed by atoms with van der Waals surface area (Å²) in [6, 6.07) is 15.0. The first-order valence-electron chi connectivity index (χ1n) is 10.3. The highest BCUT2D eigenvalue weighted by molar-refractivity contribution is 7.88. The third kappa shape index (κ3) is 6.85. The molecule has 0 aliphatic carbocycles. The number of anilines is 1.